The number of anilines is 1. The fourth-order valence-corrected chi connectivity index (χ4v) is 4.91. The molecule has 1 aromatic rings. The number of alkyl halides is 6. The van der Waals surface area contributed by atoms with Crippen LogP contribution in [-0.2, 0) is 9.59 Å². The largest absolute Gasteiger partial charge is 0.404 e. The zero-order chi connectivity index (χ0) is 24.3. The van der Waals surface area contributed by atoms with Gasteiger partial charge in [0.15, 0.2) is 5.92 Å². The number of thioether (sulfide) groups is 1. The fraction of sp³-hybridized carbons (Fsp3) is 0.619. The Morgan fingerprint density at radius 1 is 1.00 bits per heavy atom. The smallest absolute Gasteiger partial charge is 0.343 e. The van der Waals surface area contributed by atoms with Crippen molar-refractivity contribution in [2.75, 3.05) is 30.3 Å². The van der Waals surface area contributed by atoms with E-state index >= 15 is 0 Å². The van der Waals surface area contributed by atoms with Gasteiger partial charge in [0.1, 0.15) is 0 Å². The fourth-order valence-electron chi connectivity index (χ4n) is 3.87. The second-order valence-electron chi connectivity index (χ2n) is 7.36. The number of halogens is 6. The molecule has 32 heavy (non-hydrogen) atoms. The lowest BCUT2D eigenvalue weighted by atomic mass is 9.94. The van der Waals surface area contributed by atoms with E-state index in [1.807, 2.05) is 13.8 Å². The van der Waals surface area contributed by atoms with Crippen molar-refractivity contribution >= 4 is 29.3 Å². The van der Waals surface area contributed by atoms with E-state index in [2.05, 4.69) is 0 Å². The summed E-state index contributed by atoms with van der Waals surface area (Å²) in [5, 5.41) is 0. The number of piperidine rings is 1. The molecule has 0 saturated carbocycles. The van der Waals surface area contributed by atoms with E-state index in [-0.39, 0.29) is 22.6 Å². The van der Waals surface area contributed by atoms with Crippen molar-refractivity contribution in [3.63, 3.8) is 0 Å². The second kappa shape index (κ2) is 10.4. The molecule has 0 spiro atoms. The van der Waals surface area contributed by atoms with Gasteiger partial charge in [0, 0.05) is 43.1 Å². The van der Waals surface area contributed by atoms with Gasteiger partial charge in [0.25, 0.3) is 0 Å². The van der Waals surface area contributed by atoms with Gasteiger partial charge in [-0.1, -0.05) is 19.9 Å². The third-order valence-corrected chi connectivity index (χ3v) is 6.42. The first kappa shape index (κ1) is 26.3. The van der Waals surface area contributed by atoms with Crippen molar-refractivity contribution < 1.29 is 35.9 Å². The number of benzene rings is 1. The van der Waals surface area contributed by atoms with Crippen LogP contribution in [0.1, 0.15) is 45.1 Å². The lowest BCUT2D eigenvalue weighted by molar-refractivity contribution is -0.253. The molecule has 1 fully saturated rings. The van der Waals surface area contributed by atoms with Gasteiger partial charge in [-0.05, 0) is 30.5 Å². The molecule has 2 heterocycles. The minimum absolute atomic E-state index is 0.0722. The van der Waals surface area contributed by atoms with Crippen molar-refractivity contribution in [3.8, 4) is 0 Å². The maximum absolute atomic E-state index is 13.1. The Morgan fingerprint density at radius 3 is 2.06 bits per heavy atom. The third-order valence-electron chi connectivity index (χ3n) is 5.39. The average molecular weight is 485 g/mol. The Kier molecular flexibility index (Phi) is 8.52. The van der Waals surface area contributed by atoms with Crippen LogP contribution >= 0.6 is 11.8 Å². The van der Waals surface area contributed by atoms with Crippen molar-refractivity contribution in [1.29, 1.82) is 0 Å². The van der Waals surface area contributed by atoms with E-state index in [0.29, 0.717) is 43.9 Å². The van der Waals surface area contributed by atoms with Crippen LogP contribution in [0.25, 0.3) is 0 Å². The number of likely N-dealkylation sites (tertiary alicyclic amines) is 1. The Balaban J connectivity index is 0.00000176. The van der Waals surface area contributed by atoms with Crippen LogP contribution in [0.5, 0.6) is 0 Å². The molecule has 1 aromatic carbocycles. The van der Waals surface area contributed by atoms with Crippen molar-refractivity contribution in [2.24, 2.45) is 5.92 Å². The quantitative estimate of drug-likeness (QED) is 0.512. The Hall–Kier alpha value is -1.91. The second-order valence-corrected chi connectivity index (χ2v) is 8.50. The van der Waals surface area contributed by atoms with E-state index in [0.717, 1.165) is 23.9 Å². The number of hydrogen-bond acceptors (Lipinski definition) is 3. The van der Waals surface area contributed by atoms with Crippen LogP contribution in [0.15, 0.2) is 23.1 Å². The highest BCUT2D eigenvalue weighted by atomic mass is 32.2. The predicted molar refractivity (Wildman–Crippen MR) is 111 cm³/mol. The zero-order valence-corrected chi connectivity index (χ0v) is 18.8. The van der Waals surface area contributed by atoms with Gasteiger partial charge in [0.2, 0.25) is 11.8 Å². The van der Waals surface area contributed by atoms with Crippen molar-refractivity contribution in [1.82, 2.24) is 4.90 Å². The third kappa shape index (κ3) is 5.90. The molecule has 0 bridgehead atoms. The summed E-state index contributed by atoms with van der Waals surface area (Å²) in [6.45, 7) is 6.66. The van der Waals surface area contributed by atoms with E-state index in [1.54, 1.807) is 4.90 Å². The zero-order valence-electron chi connectivity index (χ0n) is 18.0. The minimum Gasteiger partial charge on any atom is -0.343 e. The van der Waals surface area contributed by atoms with Crippen LogP contribution in [-0.4, -0.2) is 54.5 Å². The van der Waals surface area contributed by atoms with Crippen molar-refractivity contribution in [3.05, 3.63) is 23.8 Å². The molecule has 2 amide bonds. The molecule has 0 aliphatic carbocycles. The van der Waals surface area contributed by atoms with Crippen LogP contribution in [0.3, 0.4) is 0 Å². The first-order valence-electron chi connectivity index (χ1n) is 10.4. The topological polar surface area (TPSA) is 40.6 Å². The normalized spacial score (nSPS) is 17.6. The van der Waals surface area contributed by atoms with Gasteiger partial charge in [-0.3, -0.25) is 9.59 Å². The number of carbonyl (C=O) groups excluding carboxylic acids is 2. The first-order valence-corrected chi connectivity index (χ1v) is 11.3. The lowest BCUT2D eigenvalue weighted by Crippen LogP contribution is -2.45. The summed E-state index contributed by atoms with van der Waals surface area (Å²) in [5.41, 5.74) is -0.553. The van der Waals surface area contributed by atoms with E-state index in [4.69, 9.17) is 0 Å². The van der Waals surface area contributed by atoms with Crippen molar-refractivity contribution in [2.45, 2.75) is 56.8 Å². The van der Waals surface area contributed by atoms with E-state index < -0.39 is 23.8 Å². The Bertz CT molecular complexity index is 805. The number of rotatable bonds is 2. The van der Waals surface area contributed by atoms with Gasteiger partial charge in [-0.15, -0.1) is 11.8 Å². The Labute approximate surface area is 187 Å². The summed E-state index contributed by atoms with van der Waals surface area (Å²) >= 11 is 1.13. The molecule has 180 valence electrons. The van der Waals surface area contributed by atoms with Crippen LogP contribution in [0.4, 0.5) is 32.0 Å². The SMILES string of the molecule is CC.CC(=O)N1CCC(C(=O)N2CCSc3cc(C(C(F)(F)F)C(F)(F)F)ccc32)CC1. The van der Waals surface area contributed by atoms with Crippen LogP contribution in [0.2, 0.25) is 0 Å². The standard InChI is InChI=1S/C19H20F6N2O2S.C2H6/c1-11(28)26-6-4-12(5-7-26)17(29)27-8-9-30-15-10-13(2-3-14(15)27)16(18(20,21)22)19(23,24)25;1-2/h2-3,10,12,16H,4-9H2,1H3;1-2H3. The number of amides is 2. The number of hydrogen-bond donors (Lipinski definition) is 0. The molecular weight excluding hydrogens is 458 g/mol. The summed E-state index contributed by atoms with van der Waals surface area (Å²) < 4.78 is 78.3. The summed E-state index contributed by atoms with van der Waals surface area (Å²) in [6, 6.07) is 2.86. The predicted octanol–water partition coefficient (Wildman–Crippen LogP) is 5.62. The summed E-state index contributed by atoms with van der Waals surface area (Å²) in [5.74, 6) is -3.82. The highest BCUT2D eigenvalue weighted by Crippen LogP contribution is 2.48. The molecule has 0 atom stereocenters. The van der Waals surface area contributed by atoms with E-state index in [1.165, 1.54) is 17.9 Å². The van der Waals surface area contributed by atoms with Gasteiger partial charge in [-0.2, -0.15) is 26.3 Å². The number of nitrogens with zero attached hydrogens (tertiary/aromatic N) is 2. The molecule has 4 nitrogen and oxygen atoms in total. The van der Waals surface area contributed by atoms with Crippen LogP contribution < -0.4 is 4.90 Å². The summed E-state index contributed by atoms with van der Waals surface area (Å²) in [4.78, 5) is 27.7. The lowest BCUT2D eigenvalue weighted by Gasteiger charge is -2.36. The van der Waals surface area contributed by atoms with Gasteiger partial charge < -0.3 is 9.80 Å². The first-order chi connectivity index (χ1) is 14.9. The number of carbonyl (C=O) groups is 2. The molecule has 0 unspecified atom stereocenters. The molecule has 0 aromatic heterocycles. The molecule has 11 heteroatoms. The monoisotopic (exact) mass is 484 g/mol. The maximum atomic E-state index is 13.1. The highest BCUT2D eigenvalue weighted by molar-refractivity contribution is 7.99. The van der Waals surface area contributed by atoms with Gasteiger partial charge >= 0.3 is 12.4 Å². The molecular formula is C21H26F6N2O2S. The average Bonchev–Trinajstić information content (AvgIpc) is 2.72. The summed E-state index contributed by atoms with van der Waals surface area (Å²) in [7, 11) is 0. The molecule has 2 aliphatic heterocycles. The maximum Gasteiger partial charge on any atom is 0.404 e. The summed E-state index contributed by atoms with van der Waals surface area (Å²) in [6.07, 6.45) is -9.99. The number of fused-ring (bicyclic) bond motifs is 1. The van der Waals surface area contributed by atoms with Gasteiger partial charge in [0.05, 0.1) is 5.69 Å². The van der Waals surface area contributed by atoms with Gasteiger partial charge in [-0.25, -0.2) is 0 Å². The molecule has 2 aliphatic rings. The van der Waals surface area contributed by atoms with Crippen LogP contribution in [0, 0.1) is 5.92 Å². The Morgan fingerprint density at radius 2 is 1.56 bits per heavy atom. The molecule has 3 rings (SSSR count). The molecule has 0 N–H and O–H groups in total. The minimum atomic E-state index is -5.47. The van der Waals surface area contributed by atoms with E-state index in [9.17, 15) is 35.9 Å². The molecule has 0 radical (unpaired) electrons. The highest BCUT2D eigenvalue weighted by Gasteiger charge is 2.57. The molecule has 1 saturated heterocycles.